The fourth-order valence-electron chi connectivity index (χ4n) is 4.31. The molecule has 0 saturated carbocycles. The number of anilines is 1. The van der Waals surface area contributed by atoms with Gasteiger partial charge in [-0.2, -0.15) is 0 Å². The summed E-state index contributed by atoms with van der Waals surface area (Å²) in [5.41, 5.74) is 2.09. The number of Topliss-reactive ketones (excluding diaryl/α,β-unsaturated/α-hetero) is 1. The first kappa shape index (κ1) is 21.9. The highest BCUT2D eigenvalue weighted by molar-refractivity contribution is 7.14. The predicted molar refractivity (Wildman–Crippen MR) is 129 cm³/mol. The van der Waals surface area contributed by atoms with Crippen molar-refractivity contribution in [2.75, 3.05) is 11.5 Å². The van der Waals surface area contributed by atoms with Crippen molar-refractivity contribution < 1.29 is 24.2 Å². The lowest BCUT2D eigenvalue weighted by Gasteiger charge is -2.23. The summed E-state index contributed by atoms with van der Waals surface area (Å²) in [7, 11) is 0. The second-order valence-corrected chi connectivity index (χ2v) is 8.98. The van der Waals surface area contributed by atoms with Crippen LogP contribution in [0.3, 0.4) is 0 Å². The molecule has 0 bridgehead atoms. The average molecular weight is 475 g/mol. The summed E-state index contributed by atoms with van der Waals surface area (Å²) in [5, 5.41) is 13.4. The third kappa shape index (κ3) is 3.76. The molecule has 1 fully saturated rings. The number of ketones is 1. The first-order chi connectivity index (χ1) is 16.5. The molecule has 34 heavy (non-hydrogen) atoms. The van der Waals surface area contributed by atoms with E-state index in [1.165, 1.54) is 16.2 Å². The van der Waals surface area contributed by atoms with Crippen molar-refractivity contribution in [2.24, 2.45) is 0 Å². The van der Waals surface area contributed by atoms with Crippen LogP contribution in [0.4, 0.5) is 5.13 Å². The van der Waals surface area contributed by atoms with Crippen molar-refractivity contribution >= 4 is 33.9 Å². The summed E-state index contributed by atoms with van der Waals surface area (Å²) in [6.07, 6.45) is 3.97. The molecular formula is C26H22N2O5S. The van der Waals surface area contributed by atoms with Crippen LogP contribution in [0, 0.1) is 0 Å². The van der Waals surface area contributed by atoms with Gasteiger partial charge in [-0.3, -0.25) is 14.5 Å². The molecule has 0 unspecified atom stereocenters. The number of nitrogens with zero attached hydrogens (tertiary/aromatic N) is 2. The van der Waals surface area contributed by atoms with Crippen LogP contribution in [0.1, 0.15) is 29.7 Å². The quantitative estimate of drug-likeness (QED) is 0.242. The second kappa shape index (κ2) is 8.79. The normalized spacial score (nSPS) is 20.8. The molecular weight excluding hydrogens is 452 g/mol. The van der Waals surface area contributed by atoms with Crippen LogP contribution in [-0.4, -0.2) is 34.5 Å². The van der Waals surface area contributed by atoms with Gasteiger partial charge in [0, 0.05) is 23.6 Å². The van der Waals surface area contributed by atoms with E-state index < -0.39 is 17.7 Å². The zero-order valence-electron chi connectivity index (χ0n) is 18.4. The molecule has 1 amide bonds. The van der Waals surface area contributed by atoms with E-state index in [0.717, 1.165) is 11.3 Å². The van der Waals surface area contributed by atoms with Crippen LogP contribution in [0.15, 0.2) is 72.3 Å². The van der Waals surface area contributed by atoms with E-state index in [-0.39, 0.29) is 17.4 Å². The predicted octanol–water partition coefficient (Wildman–Crippen LogP) is 4.66. The van der Waals surface area contributed by atoms with Crippen molar-refractivity contribution in [3.63, 3.8) is 0 Å². The van der Waals surface area contributed by atoms with E-state index in [2.05, 4.69) is 11.6 Å². The maximum atomic E-state index is 13.2. The summed E-state index contributed by atoms with van der Waals surface area (Å²) in [4.78, 5) is 31.9. The Morgan fingerprint density at radius 3 is 2.79 bits per heavy atom. The van der Waals surface area contributed by atoms with E-state index in [1.807, 2.05) is 13.0 Å². The summed E-state index contributed by atoms with van der Waals surface area (Å²) in [6, 6.07) is 11.5. The molecule has 8 heteroatoms. The molecule has 0 radical (unpaired) electrons. The number of hydrogen-bond donors (Lipinski definition) is 1. The van der Waals surface area contributed by atoms with Gasteiger partial charge in [-0.1, -0.05) is 24.8 Å². The third-order valence-electron chi connectivity index (χ3n) is 5.80. The number of hydrogen-bond acceptors (Lipinski definition) is 7. The third-order valence-corrected chi connectivity index (χ3v) is 6.57. The molecule has 2 atom stereocenters. The molecule has 2 aliphatic heterocycles. The molecule has 172 valence electrons. The van der Waals surface area contributed by atoms with E-state index >= 15 is 0 Å². The zero-order chi connectivity index (χ0) is 23.8. The Bertz CT molecular complexity index is 1300. The number of carbonyl (C=O) groups is 2. The molecule has 1 saturated heterocycles. The molecule has 1 aromatic heterocycles. The monoisotopic (exact) mass is 474 g/mol. The summed E-state index contributed by atoms with van der Waals surface area (Å²) in [5.74, 6) is -0.320. The Labute approximate surface area is 200 Å². The van der Waals surface area contributed by atoms with Gasteiger partial charge in [-0.15, -0.1) is 11.3 Å². The van der Waals surface area contributed by atoms with E-state index in [9.17, 15) is 14.7 Å². The Kier molecular flexibility index (Phi) is 5.67. The number of carbonyl (C=O) groups excluding carboxylic acids is 2. The van der Waals surface area contributed by atoms with Crippen molar-refractivity contribution in [2.45, 2.75) is 25.5 Å². The maximum Gasteiger partial charge on any atom is 0.301 e. The topological polar surface area (TPSA) is 89.0 Å². The highest BCUT2D eigenvalue weighted by atomic mass is 32.1. The molecule has 2 aromatic carbocycles. The number of rotatable bonds is 6. The van der Waals surface area contributed by atoms with Crippen LogP contribution >= 0.6 is 11.3 Å². The number of aliphatic hydroxyl groups is 1. The molecule has 7 nitrogen and oxygen atoms in total. The molecule has 2 aliphatic rings. The smallest absolute Gasteiger partial charge is 0.301 e. The number of aromatic nitrogens is 1. The van der Waals surface area contributed by atoms with Crippen molar-refractivity contribution in [1.29, 1.82) is 0 Å². The molecule has 0 aliphatic carbocycles. The van der Waals surface area contributed by atoms with Crippen molar-refractivity contribution in [3.8, 4) is 11.5 Å². The van der Waals surface area contributed by atoms with E-state index in [1.54, 1.807) is 54.1 Å². The lowest BCUT2D eigenvalue weighted by atomic mass is 9.94. The van der Waals surface area contributed by atoms with Gasteiger partial charge in [0.2, 0.25) is 0 Å². The Morgan fingerprint density at radius 1 is 1.29 bits per heavy atom. The number of ether oxygens (including phenoxy) is 2. The largest absolute Gasteiger partial charge is 0.507 e. The Morgan fingerprint density at radius 2 is 2.09 bits per heavy atom. The van der Waals surface area contributed by atoms with Gasteiger partial charge in [-0.25, -0.2) is 4.98 Å². The van der Waals surface area contributed by atoms with Gasteiger partial charge in [0.25, 0.3) is 5.78 Å². The lowest BCUT2D eigenvalue weighted by molar-refractivity contribution is -0.132. The van der Waals surface area contributed by atoms with E-state index in [0.29, 0.717) is 35.0 Å². The van der Waals surface area contributed by atoms with Crippen molar-refractivity contribution in [1.82, 2.24) is 4.98 Å². The van der Waals surface area contributed by atoms with Crippen LogP contribution in [0.5, 0.6) is 11.5 Å². The van der Waals surface area contributed by atoms with Crippen LogP contribution in [-0.2, 0) is 16.0 Å². The average Bonchev–Trinajstić information content (AvgIpc) is 3.55. The first-order valence-corrected chi connectivity index (χ1v) is 11.7. The Hall–Kier alpha value is -3.91. The first-order valence-electron chi connectivity index (χ1n) is 10.8. The molecule has 3 heterocycles. The zero-order valence-corrected chi connectivity index (χ0v) is 19.2. The summed E-state index contributed by atoms with van der Waals surface area (Å²) < 4.78 is 11.3. The molecule has 1 N–H and O–H groups in total. The highest BCUT2D eigenvalue weighted by Crippen LogP contribution is 2.43. The lowest BCUT2D eigenvalue weighted by Crippen LogP contribution is -2.29. The van der Waals surface area contributed by atoms with Gasteiger partial charge >= 0.3 is 5.91 Å². The number of amides is 1. The van der Waals surface area contributed by atoms with Gasteiger partial charge in [-0.05, 0) is 48.4 Å². The minimum absolute atomic E-state index is 0.0203. The highest BCUT2D eigenvalue weighted by Gasteiger charge is 2.48. The van der Waals surface area contributed by atoms with Crippen LogP contribution < -0.4 is 14.4 Å². The summed E-state index contributed by atoms with van der Waals surface area (Å²) in [6.45, 7) is 5.97. The maximum absolute atomic E-state index is 13.2. The number of aliphatic hydroxyl groups excluding tert-OH is 1. The SMILES string of the molecule is C=CCOc1ccc([C@@H]2/C(=C(\O)c3ccc4c(c3)C[C@H](C)O4)C(=O)C(=O)N2c2nccs2)cc1. The Balaban J connectivity index is 1.62. The molecule has 0 spiro atoms. The number of benzene rings is 2. The minimum Gasteiger partial charge on any atom is -0.507 e. The standard InChI is InChI=1S/C26H22N2O5S/c1-3-11-32-19-7-4-16(5-8-19)22-21(24(30)25(31)28(22)26-27-10-12-34-26)23(29)17-6-9-20-18(14-17)13-15(2)33-20/h3-10,12,14-15,22,29H,1,11,13H2,2H3/b23-21+/t15-,22+/m0/s1. The van der Waals surface area contributed by atoms with E-state index in [4.69, 9.17) is 9.47 Å². The van der Waals surface area contributed by atoms with Crippen molar-refractivity contribution in [3.05, 3.63) is 89.0 Å². The minimum atomic E-state index is -0.831. The van der Waals surface area contributed by atoms with Crippen LogP contribution in [0.25, 0.3) is 5.76 Å². The molecule has 3 aromatic rings. The van der Waals surface area contributed by atoms with Gasteiger partial charge in [0.1, 0.15) is 30.0 Å². The van der Waals surface area contributed by atoms with Crippen LogP contribution in [0.2, 0.25) is 0 Å². The second-order valence-electron chi connectivity index (χ2n) is 8.11. The number of fused-ring (bicyclic) bond motifs is 1. The molecule has 5 rings (SSSR count). The van der Waals surface area contributed by atoms with Gasteiger partial charge < -0.3 is 14.6 Å². The summed E-state index contributed by atoms with van der Waals surface area (Å²) >= 11 is 1.25. The van der Waals surface area contributed by atoms with Gasteiger partial charge in [0.15, 0.2) is 5.13 Å². The fourth-order valence-corrected chi connectivity index (χ4v) is 4.97. The fraction of sp³-hybridized carbons (Fsp3) is 0.192. The number of thiazole rings is 1. The van der Waals surface area contributed by atoms with Gasteiger partial charge in [0.05, 0.1) is 11.6 Å².